The van der Waals surface area contributed by atoms with E-state index in [0.717, 1.165) is 5.70 Å². The first kappa shape index (κ1) is 10.9. The second-order valence-corrected chi connectivity index (χ2v) is 4.11. The molecule has 1 fully saturated rings. The fourth-order valence-electron chi connectivity index (χ4n) is 1.66. The number of rotatable bonds is 1. The minimum Gasteiger partial charge on any atom is -0.359 e. The molecule has 1 N–H and O–H groups in total. The maximum Gasteiger partial charge on any atom is 0.319 e. The summed E-state index contributed by atoms with van der Waals surface area (Å²) in [4.78, 5) is 15.5. The second kappa shape index (κ2) is 3.52. The van der Waals surface area contributed by atoms with Crippen LogP contribution in [0.15, 0.2) is 12.3 Å². The van der Waals surface area contributed by atoms with Crippen molar-refractivity contribution in [3.8, 4) is 0 Å². The summed E-state index contributed by atoms with van der Waals surface area (Å²) >= 11 is 0. The van der Waals surface area contributed by atoms with E-state index in [1.165, 1.54) is 0 Å². The molecule has 0 unspecified atom stereocenters. The van der Waals surface area contributed by atoms with Crippen LogP contribution in [-0.2, 0) is 0 Å². The first-order chi connectivity index (χ1) is 6.41. The fourth-order valence-corrected chi connectivity index (χ4v) is 1.66. The van der Waals surface area contributed by atoms with Gasteiger partial charge in [0.1, 0.15) is 0 Å². The van der Waals surface area contributed by atoms with Gasteiger partial charge in [-0.3, -0.25) is 4.90 Å². The minimum atomic E-state index is -0.284. The van der Waals surface area contributed by atoms with Gasteiger partial charge in [-0.05, 0) is 20.8 Å². The predicted octanol–water partition coefficient (Wildman–Crippen LogP) is 1.21. The van der Waals surface area contributed by atoms with Crippen LogP contribution in [-0.4, -0.2) is 41.6 Å². The lowest BCUT2D eigenvalue weighted by Gasteiger charge is -2.30. The van der Waals surface area contributed by atoms with Crippen LogP contribution in [0.4, 0.5) is 4.79 Å². The maximum atomic E-state index is 11.7. The van der Waals surface area contributed by atoms with Gasteiger partial charge in [-0.2, -0.15) is 0 Å². The highest BCUT2D eigenvalue weighted by molar-refractivity contribution is 5.76. The van der Waals surface area contributed by atoms with Gasteiger partial charge in [0.05, 0.1) is 12.2 Å². The molecule has 0 spiro atoms. The third-order valence-corrected chi connectivity index (χ3v) is 2.77. The lowest BCUT2D eigenvalue weighted by atomic mass is 10.0. The van der Waals surface area contributed by atoms with E-state index in [0.29, 0.717) is 13.2 Å². The summed E-state index contributed by atoms with van der Waals surface area (Å²) in [5.41, 5.74) is 0.692. The van der Waals surface area contributed by atoms with Crippen molar-refractivity contribution in [1.82, 2.24) is 15.1 Å². The van der Waals surface area contributed by atoms with Crippen molar-refractivity contribution in [3.05, 3.63) is 12.3 Å². The largest absolute Gasteiger partial charge is 0.359 e. The van der Waals surface area contributed by atoms with E-state index in [-0.39, 0.29) is 11.6 Å². The molecule has 2 amide bonds. The quantitative estimate of drug-likeness (QED) is 0.686. The Balaban J connectivity index is 2.81. The molecule has 0 aliphatic carbocycles. The van der Waals surface area contributed by atoms with E-state index in [2.05, 4.69) is 11.9 Å². The second-order valence-electron chi connectivity index (χ2n) is 4.11. The van der Waals surface area contributed by atoms with Crippen LogP contribution in [0.2, 0.25) is 0 Å². The number of likely N-dealkylation sites (N-methyl/N-ethyl adjacent to an activating group) is 1. The molecular formula is C10H19N3O. The van der Waals surface area contributed by atoms with Gasteiger partial charge in [-0.1, -0.05) is 6.58 Å². The molecule has 1 heterocycles. The van der Waals surface area contributed by atoms with Gasteiger partial charge < -0.3 is 10.2 Å². The molecule has 0 radical (unpaired) electrons. The zero-order valence-electron chi connectivity index (χ0n) is 9.42. The molecule has 1 aliphatic rings. The third kappa shape index (κ3) is 1.56. The van der Waals surface area contributed by atoms with Crippen LogP contribution in [0.5, 0.6) is 0 Å². The van der Waals surface area contributed by atoms with Crippen LogP contribution >= 0.6 is 0 Å². The van der Waals surface area contributed by atoms with Gasteiger partial charge in [0.25, 0.3) is 0 Å². The lowest BCUT2D eigenvalue weighted by molar-refractivity contribution is 0.168. The standard InChI is InChI=1S/C10H19N3O/c1-6-11-9(14)13-7-12(5)8(2)10(13,3)4/h2,6-7H2,1,3-5H3,(H,11,14). The molecule has 4 nitrogen and oxygen atoms in total. The molecule has 1 aliphatic heterocycles. The van der Waals surface area contributed by atoms with E-state index in [9.17, 15) is 4.79 Å². The number of carbonyl (C=O) groups excluding carboxylic acids is 1. The first-order valence-electron chi connectivity index (χ1n) is 4.87. The van der Waals surface area contributed by atoms with Crippen molar-refractivity contribution in [2.45, 2.75) is 26.3 Å². The number of urea groups is 1. The van der Waals surface area contributed by atoms with Gasteiger partial charge in [0, 0.05) is 19.3 Å². The van der Waals surface area contributed by atoms with Gasteiger partial charge in [-0.25, -0.2) is 4.79 Å². The van der Waals surface area contributed by atoms with Crippen molar-refractivity contribution in [2.24, 2.45) is 0 Å². The zero-order valence-corrected chi connectivity index (χ0v) is 9.42. The normalized spacial score (nSPS) is 20.1. The summed E-state index contributed by atoms with van der Waals surface area (Å²) in [7, 11) is 1.95. The lowest BCUT2D eigenvalue weighted by Crippen LogP contribution is -2.48. The fraction of sp³-hybridized carbons (Fsp3) is 0.700. The Morgan fingerprint density at radius 2 is 2.21 bits per heavy atom. The van der Waals surface area contributed by atoms with Gasteiger partial charge >= 0.3 is 6.03 Å². The smallest absolute Gasteiger partial charge is 0.319 e. The van der Waals surface area contributed by atoms with Crippen molar-refractivity contribution in [2.75, 3.05) is 20.3 Å². The van der Waals surface area contributed by atoms with Crippen LogP contribution < -0.4 is 5.32 Å². The maximum absolute atomic E-state index is 11.7. The molecule has 0 aromatic heterocycles. The van der Waals surface area contributed by atoms with E-state index in [4.69, 9.17) is 0 Å². The van der Waals surface area contributed by atoms with Crippen molar-refractivity contribution < 1.29 is 4.79 Å². The number of nitrogens with zero attached hydrogens (tertiary/aromatic N) is 2. The molecule has 1 saturated heterocycles. The Morgan fingerprint density at radius 1 is 1.64 bits per heavy atom. The summed E-state index contributed by atoms with van der Waals surface area (Å²) in [6, 6.07) is -0.0250. The van der Waals surface area contributed by atoms with Crippen LogP contribution in [0.3, 0.4) is 0 Å². The average molecular weight is 197 g/mol. The molecule has 0 aromatic carbocycles. The zero-order chi connectivity index (χ0) is 10.9. The predicted molar refractivity (Wildman–Crippen MR) is 56.8 cm³/mol. The highest BCUT2D eigenvalue weighted by Gasteiger charge is 2.41. The van der Waals surface area contributed by atoms with Gasteiger partial charge in [0.2, 0.25) is 0 Å². The highest BCUT2D eigenvalue weighted by atomic mass is 16.2. The average Bonchev–Trinajstić information content (AvgIpc) is 2.30. The summed E-state index contributed by atoms with van der Waals surface area (Å²) in [6.07, 6.45) is 0. The van der Waals surface area contributed by atoms with Gasteiger partial charge in [0.15, 0.2) is 0 Å². The molecule has 0 bridgehead atoms. The Labute approximate surface area is 85.6 Å². The minimum absolute atomic E-state index is 0.0250. The van der Waals surface area contributed by atoms with Crippen molar-refractivity contribution in [3.63, 3.8) is 0 Å². The number of hydrogen-bond acceptors (Lipinski definition) is 2. The SMILES string of the molecule is C=C1N(C)CN(C(=O)NCC)C1(C)C. The number of carbonyl (C=O) groups is 1. The van der Waals surface area contributed by atoms with Gasteiger partial charge in [-0.15, -0.1) is 0 Å². The summed E-state index contributed by atoms with van der Waals surface area (Å²) in [6.45, 7) is 11.2. The molecule has 0 aromatic rings. The summed E-state index contributed by atoms with van der Waals surface area (Å²) in [5.74, 6) is 0. The van der Waals surface area contributed by atoms with Crippen LogP contribution in [0.25, 0.3) is 0 Å². The van der Waals surface area contributed by atoms with Crippen molar-refractivity contribution >= 4 is 6.03 Å². The molecular weight excluding hydrogens is 178 g/mol. The van der Waals surface area contributed by atoms with Crippen LogP contribution in [0, 0.1) is 0 Å². The van der Waals surface area contributed by atoms with E-state index in [1.807, 2.05) is 32.7 Å². The van der Waals surface area contributed by atoms with Crippen molar-refractivity contribution in [1.29, 1.82) is 0 Å². The Kier molecular flexibility index (Phi) is 2.73. The molecule has 1 rings (SSSR count). The Hall–Kier alpha value is -1.19. The summed E-state index contributed by atoms with van der Waals surface area (Å²) < 4.78 is 0. The van der Waals surface area contributed by atoms with Crippen LogP contribution in [0.1, 0.15) is 20.8 Å². The molecule has 0 atom stereocenters. The Bertz CT molecular complexity index is 260. The summed E-state index contributed by atoms with van der Waals surface area (Å²) in [5, 5.41) is 2.80. The van der Waals surface area contributed by atoms with E-state index >= 15 is 0 Å². The third-order valence-electron chi connectivity index (χ3n) is 2.77. The topological polar surface area (TPSA) is 35.6 Å². The molecule has 80 valence electrons. The number of nitrogens with one attached hydrogen (secondary N) is 1. The highest BCUT2D eigenvalue weighted by Crippen LogP contribution is 2.31. The van der Waals surface area contributed by atoms with E-state index in [1.54, 1.807) is 4.90 Å². The molecule has 14 heavy (non-hydrogen) atoms. The monoisotopic (exact) mass is 197 g/mol. The number of amides is 2. The first-order valence-corrected chi connectivity index (χ1v) is 4.87. The Morgan fingerprint density at radius 3 is 2.57 bits per heavy atom. The molecule has 0 saturated carbocycles. The number of hydrogen-bond donors (Lipinski definition) is 1. The molecule has 4 heteroatoms. The van der Waals surface area contributed by atoms with E-state index < -0.39 is 0 Å².